The highest BCUT2D eigenvalue weighted by molar-refractivity contribution is 9.10. The van der Waals surface area contributed by atoms with E-state index in [1.165, 1.54) is 32.1 Å². The van der Waals surface area contributed by atoms with Crippen LogP contribution >= 0.6 is 15.9 Å². The summed E-state index contributed by atoms with van der Waals surface area (Å²) in [5, 5.41) is 12.7. The maximum atomic E-state index is 10.6. The lowest BCUT2D eigenvalue weighted by Crippen LogP contribution is -2.18. The highest BCUT2D eigenvalue weighted by atomic mass is 79.9. The Kier molecular flexibility index (Phi) is 3.80. The minimum atomic E-state index is 0.376. The lowest BCUT2D eigenvalue weighted by atomic mass is 9.84. The van der Waals surface area contributed by atoms with E-state index in [1.54, 1.807) is 0 Å². The Morgan fingerprint density at radius 1 is 1.25 bits per heavy atom. The zero-order chi connectivity index (χ0) is 14.3. The molecule has 0 bridgehead atoms. The Bertz CT molecular complexity index is 625. The number of rotatable bonds is 2. The second-order valence-corrected chi connectivity index (χ2v) is 7.10. The number of hydrogen-bond acceptors (Lipinski definition) is 1. The molecule has 3 heteroatoms. The van der Waals surface area contributed by atoms with E-state index in [0.29, 0.717) is 17.8 Å². The monoisotopic (exact) mass is 335 g/mol. The third kappa shape index (κ3) is 2.37. The molecule has 1 aliphatic rings. The Hall–Kier alpha value is -0.960. The van der Waals surface area contributed by atoms with Gasteiger partial charge in [-0.3, -0.25) is 0 Å². The Balaban J connectivity index is 2.03. The first-order chi connectivity index (χ1) is 9.58. The highest BCUT2D eigenvalue weighted by Gasteiger charge is 2.24. The maximum Gasteiger partial charge on any atom is 0.199 e. The summed E-state index contributed by atoms with van der Waals surface area (Å²) in [6.07, 6.45) is 8.73. The van der Waals surface area contributed by atoms with E-state index in [1.807, 2.05) is 0 Å². The molecule has 0 amide bonds. The molecule has 1 fully saturated rings. The van der Waals surface area contributed by atoms with Crippen LogP contribution in [0.3, 0.4) is 0 Å². The molecule has 2 nitrogen and oxygen atoms in total. The minimum absolute atomic E-state index is 0.376. The second kappa shape index (κ2) is 5.44. The average molecular weight is 336 g/mol. The van der Waals surface area contributed by atoms with E-state index in [2.05, 4.69) is 52.7 Å². The van der Waals surface area contributed by atoms with E-state index >= 15 is 0 Å². The molecular weight excluding hydrogens is 314 g/mol. The van der Waals surface area contributed by atoms with Crippen LogP contribution in [0.5, 0.6) is 5.88 Å². The van der Waals surface area contributed by atoms with Crippen molar-refractivity contribution in [2.24, 2.45) is 5.92 Å². The van der Waals surface area contributed by atoms with Crippen molar-refractivity contribution in [2.45, 2.75) is 52.0 Å². The molecule has 1 heterocycles. The van der Waals surface area contributed by atoms with Gasteiger partial charge in [-0.25, -0.2) is 0 Å². The van der Waals surface area contributed by atoms with Gasteiger partial charge in [-0.2, -0.15) is 0 Å². The summed E-state index contributed by atoms with van der Waals surface area (Å²) in [6.45, 7) is 4.31. The normalized spacial score (nSPS) is 18.6. The van der Waals surface area contributed by atoms with E-state index in [0.717, 1.165) is 20.8 Å². The molecule has 0 saturated heterocycles. The van der Waals surface area contributed by atoms with Crippen LogP contribution in [0.1, 0.15) is 50.6 Å². The summed E-state index contributed by atoms with van der Waals surface area (Å²) >= 11 is 3.54. The molecule has 1 aromatic carbocycles. The molecular formula is C17H22BrNO. The fourth-order valence-corrected chi connectivity index (χ4v) is 4.26. The molecule has 0 spiro atoms. The van der Waals surface area contributed by atoms with Gasteiger partial charge in [0.25, 0.3) is 0 Å². The molecule has 1 aliphatic carbocycles. The maximum absolute atomic E-state index is 10.6. The zero-order valence-corrected chi connectivity index (χ0v) is 13.8. The number of aryl methyl sites for hydroxylation is 1. The van der Waals surface area contributed by atoms with Gasteiger partial charge >= 0.3 is 0 Å². The molecule has 0 radical (unpaired) electrons. The Labute approximate surface area is 128 Å². The predicted molar refractivity (Wildman–Crippen MR) is 87.3 cm³/mol. The topological polar surface area (TPSA) is 25.2 Å². The van der Waals surface area contributed by atoms with Gasteiger partial charge in [0.15, 0.2) is 5.88 Å². The quantitative estimate of drug-likeness (QED) is 0.763. The fourth-order valence-electron chi connectivity index (χ4n) is 3.67. The van der Waals surface area contributed by atoms with Crippen LogP contribution in [0.4, 0.5) is 0 Å². The van der Waals surface area contributed by atoms with Gasteiger partial charge < -0.3 is 9.67 Å². The van der Waals surface area contributed by atoms with Gasteiger partial charge in [-0.1, -0.05) is 35.2 Å². The summed E-state index contributed by atoms with van der Waals surface area (Å²) < 4.78 is 3.16. The van der Waals surface area contributed by atoms with Gasteiger partial charge in [0.1, 0.15) is 0 Å². The summed E-state index contributed by atoms with van der Waals surface area (Å²) in [5.74, 6) is 1.13. The average Bonchev–Trinajstić information content (AvgIpc) is 2.76. The standard InChI is InChI=1S/C17H22BrNO/c1-11-8-15(18)9-14-10-19(17(20)16(11)14)12(2)13-6-4-3-5-7-13/h8-10,12-13,20H,3-7H2,1-2H3/t12-/m1/s1. The van der Waals surface area contributed by atoms with Crippen LogP contribution in [0, 0.1) is 12.8 Å². The molecule has 1 N–H and O–H groups in total. The highest BCUT2D eigenvalue weighted by Crippen LogP contribution is 2.39. The summed E-state index contributed by atoms with van der Waals surface area (Å²) in [4.78, 5) is 0. The SMILES string of the molecule is Cc1cc(Br)cc2cn([C@H](C)C3CCCCC3)c(O)c12. The largest absolute Gasteiger partial charge is 0.494 e. The zero-order valence-electron chi connectivity index (χ0n) is 12.2. The number of fused-ring (bicyclic) bond motifs is 1. The number of benzene rings is 1. The third-order valence-corrected chi connectivity index (χ3v) is 5.31. The van der Waals surface area contributed by atoms with Crippen molar-refractivity contribution < 1.29 is 5.11 Å². The van der Waals surface area contributed by atoms with Crippen molar-refractivity contribution in [3.63, 3.8) is 0 Å². The van der Waals surface area contributed by atoms with Gasteiger partial charge in [0.05, 0.1) is 0 Å². The van der Waals surface area contributed by atoms with E-state index < -0.39 is 0 Å². The number of halogens is 1. The van der Waals surface area contributed by atoms with Crippen molar-refractivity contribution in [2.75, 3.05) is 0 Å². The first-order valence-corrected chi connectivity index (χ1v) is 8.37. The van der Waals surface area contributed by atoms with E-state index in [9.17, 15) is 5.11 Å². The van der Waals surface area contributed by atoms with Crippen molar-refractivity contribution in [3.05, 3.63) is 28.4 Å². The van der Waals surface area contributed by atoms with Crippen LogP contribution < -0.4 is 0 Å². The molecule has 3 rings (SSSR count). The first kappa shape index (κ1) is 14.0. The molecule has 0 unspecified atom stereocenters. The third-order valence-electron chi connectivity index (χ3n) is 4.85. The van der Waals surface area contributed by atoms with Crippen LogP contribution in [-0.2, 0) is 0 Å². The Morgan fingerprint density at radius 3 is 2.65 bits per heavy atom. The summed E-state index contributed by atoms with van der Waals surface area (Å²) in [5.41, 5.74) is 1.13. The van der Waals surface area contributed by atoms with Gasteiger partial charge in [0, 0.05) is 27.5 Å². The van der Waals surface area contributed by atoms with Crippen molar-refractivity contribution in [1.29, 1.82) is 0 Å². The van der Waals surface area contributed by atoms with Crippen LogP contribution in [0.25, 0.3) is 10.8 Å². The second-order valence-electron chi connectivity index (χ2n) is 6.19. The minimum Gasteiger partial charge on any atom is -0.494 e. The van der Waals surface area contributed by atoms with Crippen LogP contribution in [0.15, 0.2) is 22.8 Å². The molecule has 2 aromatic rings. The molecule has 0 aliphatic heterocycles. The molecule has 1 atom stereocenters. The van der Waals surface area contributed by atoms with Crippen molar-refractivity contribution >= 4 is 26.7 Å². The van der Waals surface area contributed by atoms with Gasteiger partial charge in [-0.15, -0.1) is 0 Å². The number of hydrogen-bond donors (Lipinski definition) is 1. The van der Waals surface area contributed by atoms with Gasteiger partial charge in [-0.05, 0) is 50.3 Å². The van der Waals surface area contributed by atoms with E-state index in [-0.39, 0.29) is 0 Å². The predicted octanol–water partition coefficient (Wildman–Crippen LogP) is 5.56. The number of aromatic nitrogens is 1. The number of nitrogens with zero attached hydrogens (tertiary/aromatic N) is 1. The molecule has 108 valence electrons. The van der Waals surface area contributed by atoms with Crippen LogP contribution in [-0.4, -0.2) is 9.67 Å². The lowest BCUT2D eigenvalue weighted by Gasteiger charge is -2.29. The first-order valence-electron chi connectivity index (χ1n) is 7.57. The van der Waals surface area contributed by atoms with Gasteiger partial charge in [0.2, 0.25) is 0 Å². The van der Waals surface area contributed by atoms with Crippen molar-refractivity contribution in [1.82, 2.24) is 4.57 Å². The van der Waals surface area contributed by atoms with E-state index in [4.69, 9.17) is 0 Å². The van der Waals surface area contributed by atoms with Crippen molar-refractivity contribution in [3.8, 4) is 5.88 Å². The smallest absolute Gasteiger partial charge is 0.199 e. The fraction of sp³-hybridized carbons (Fsp3) is 0.529. The number of aromatic hydroxyl groups is 1. The Morgan fingerprint density at radius 2 is 1.95 bits per heavy atom. The lowest BCUT2D eigenvalue weighted by molar-refractivity contribution is 0.249. The molecule has 20 heavy (non-hydrogen) atoms. The molecule has 1 aromatic heterocycles. The molecule has 1 saturated carbocycles. The summed E-state index contributed by atoms with van der Waals surface area (Å²) in [6, 6.07) is 4.53. The summed E-state index contributed by atoms with van der Waals surface area (Å²) in [7, 11) is 0. The van der Waals surface area contributed by atoms with Crippen LogP contribution in [0.2, 0.25) is 0 Å².